The highest BCUT2D eigenvalue weighted by Gasteiger charge is 2.59. The molecule has 3 aromatic rings. The van der Waals surface area contributed by atoms with Crippen molar-refractivity contribution < 1.29 is 9.59 Å². The number of unbranched alkanes of at least 4 members (excludes halogenated alkanes) is 1. The Morgan fingerprint density at radius 2 is 1.90 bits per heavy atom. The van der Waals surface area contributed by atoms with Crippen molar-refractivity contribution in [2.24, 2.45) is 5.92 Å². The van der Waals surface area contributed by atoms with E-state index >= 15 is 0 Å². The lowest BCUT2D eigenvalue weighted by atomic mass is 9.74. The van der Waals surface area contributed by atoms with E-state index in [9.17, 15) is 9.59 Å². The molecule has 2 aromatic carbocycles. The predicted molar refractivity (Wildman–Crippen MR) is 157 cm³/mol. The van der Waals surface area contributed by atoms with Crippen molar-refractivity contribution in [3.63, 3.8) is 0 Å². The van der Waals surface area contributed by atoms with Crippen LogP contribution in [0.15, 0.2) is 48.5 Å². The number of nitriles is 1. The summed E-state index contributed by atoms with van der Waals surface area (Å²) in [5.41, 5.74) is 3.35. The fraction of sp³-hybridized carbons (Fsp3) is 0.469. The Kier molecular flexibility index (Phi) is 7.33. The number of rotatable bonds is 8. The van der Waals surface area contributed by atoms with Crippen LogP contribution in [0.2, 0.25) is 5.02 Å². The maximum Gasteiger partial charge on any atom is 0.241 e. The van der Waals surface area contributed by atoms with Gasteiger partial charge in [-0.25, -0.2) is 0 Å². The number of piperidine rings is 1. The number of hydrogen-bond donors (Lipinski definition) is 0. The van der Waals surface area contributed by atoms with Crippen LogP contribution in [0.25, 0.3) is 10.9 Å². The molecule has 0 radical (unpaired) electrons. The van der Waals surface area contributed by atoms with Crippen LogP contribution >= 0.6 is 11.6 Å². The normalized spacial score (nSPS) is 18.8. The van der Waals surface area contributed by atoms with Crippen molar-refractivity contribution >= 4 is 40.0 Å². The summed E-state index contributed by atoms with van der Waals surface area (Å²) in [5.74, 6) is 0.686. The lowest BCUT2D eigenvalue weighted by molar-refractivity contribution is -0.145. The minimum Gasteiger partial charge on any atom is -0.343 e. The van der Waals surface area contributed by atoms with Crippen molar-refractivity contribution in [2.75, 3.05) is 37.6 Å². The predicted octanol–water partition coefficient (Wildman–Crippen LogP) is 5.35. The molecule has 2 fully saturated rings. The second kappa shape index (κ2) is 10.9. The molecule has 0 saturated carbocycles. The van der Waals surface area contributed by atoms with Gasteiger partial charge in [0.05, 0.1) is 12.6 Å². The Bertz CT molecular complexity index is 1480. The van der Waals surface area contributed by atoms with Crippen LogP contribution in [0.5, 0.6) is 0 Å². The first kappa shape index (κ1) is 26.9. The summed E-state index contributed by atoms with van der Waals surface area (Å²) >= 11 is 6.29. The van der Waals surface area contributed by atoms with E-state index in [1.165, 1.54) is 0 Å². The van der Waals surface area contributed by atoms with E-state index in [1.54, 1.807) is 0 Å². The van der Waals surface area contributed by atoms with Gasteiger partial charge in [-0.2, -0.15) is 5.26 Å². The van der Waals surface area contributed by atoms with Gasteiger partial charge in [0.25, 0.3) is 0 Å². The number of halogens is 1. The zero-order chi connectivity index (χ0) is 27.9. The summed E-state index contributed by atoms with van der Waals surface area (Å²) < 4.78 is 2.21. The van der Waals surface area contributed by atoms with Crippen LogP contribution in [0.3, 0.4) is 0 Å². The van der Waals surface area contributed by atoms with Gasteiger partial charge in [0.1, 0.15) is 5.41 Å². The maximum atomic E-state index is 14.1. The Balaban J connectivity index is 1.21. The second-order valence-electron chi connectivity index (χ2n) is 11.6. The molecule has 1 aromatic heterocycles. The van der Waals surface area contributed by atoms with Gasteiger partial charge >= 0.3 is 0 Å². The standard InChI is InChI=1S/C32H36ClN5O2/c1-2-35-15-11-23(12-16-35)17-30(39)36-21-32(22-36)27-7-3-4-8-29(27)38(31(32)40)20-26-19-24-18-25(33)9-10-28(24)37(26)14-6-5-13-34/h3-4,7-10,18-19,23H,2,5-6,11-12,14-17,20-22H2,1H3. The number of carbonyl (C=O) groups is 2. The Morgan fingerprint density at radius 1 is 1.12 bits per heavy atom. The van der Waals surface area contributed by atoms with Gasteiger partial charge in [-0.15, -0.1) is 0 Å². The zero-order valence-corrected chi connectivity index (χ0v) is 23.9. The summed E-state index contributed by atoms with van der Waals surface area (Å²) in [6.45, 7) is 7.43. The molecule has 6 rings (SSSR count). The number of nitrogens with zero attached hydrogens (tertiary/aromatic N) is 5. The first-order valence-electron chi connectivity index (χ1n) is 14.5. The van der Waals surface area contributed by atoms with Gasteiger partial charge in [0.2, 0.25) is 11.8 Å². The van der Waals surface area contributed by atoms with Crippen LogP contribution in [0.1, 0.15) is 50.3 Å². The van der Waals surface area contributed by atoms with Crippen molar-refractivity contribution in [3.05, 3.63) is 64.8 Å². The fourth-order valence-corrected chi connectivity index (χ4v) is 7.08. The minimum atomic E-state index is -0.668. The number of amides is 2. The molecule has 1 spiro atoms. The van der Waals surface area contributed by atoms with Gasteiger partial charge in [0.15, 0.2) is 0 Å². The highest BCUT2D eigenvalue weighted by Crippen LogP contribution is 2.48. The lowest BCUT2D eigenvalue weighted by Gasteiger charge is -2.47. The van der Waals surface area contributed by atoms with Crippen LogP contribution in [0, 0.1) is 17.2 Å². The maximum absolute atomic E-state index is 14.1. The van der Waals surface area contributed by atoms with E-state index in [0.29, 0.717) is 50.0 Å². The van der Waals surface area contributed by atoms with E-state index in [2.05, 4.69) is 34.6 Å². The average Bonchev–Trinajstić information content (AvgIpc) is 3.40. The molecule has 0 bridgehead atoms. The largest absolute Gasteiger partial charge is 0.343 e. The SMILES string of the molecule is CCN1CCC(CC(=O)N2CC3(C2)C(=O)N(Cc2cc4cc(Cl)ccc4n2CCCC#N)c2ccccc23)CC1. The molecule has 2 amide bonds. The van der Waals surface area contributed by atoms with Crippen LogP contribution < -0.4 is 4.90 Å². The topological polar surface area (TPSA) is 72.6 Å². The van der Waals surface area contributed by atoms with E-state index in [4.69, 9.17) is 16.9 Å². The van der Waals surface area contributed by atoms with Crippen LogP contribution in [-0.2, 0) is 28.1 Å². The Morgan fingerprint density at radius 3 is 2.65 bits per heavy atom. The number of fused-ring (bicyclic) bond motifs is 3. The number of aromatic nitrogens is 1. The summed E-state index contributed by atoms with van der Waals surface area (Å²) in [6.07, 6.45) is 3.93. The van der Waals surface area contributed by atoms with Crippen molar-refractivity contribution in [1.29, 1.82) is 5.26 Å². The minimum absolute atomic E-state index is 0.0702. The second-order valence-corrected chi connectivity index (χ2v) is 12.0. The molecule has 0 N–H and O–H groups in total. The lowest BCUT2D eigenvalue weighted by Crippen LogP contribution is -2.65. The number of anilines is 1. The third-order valence-electron chi connectivity index (χ3n) is 9.20. The molecule has 0 atom stereocenters. The molecule has 4 heterocycles. The summed E-state index contributed by atoms with van der Waals surface area (Å²) in [5, 5.41) is 10.8. The number of hydrogen-bond acceptors (Lipinski definition) is 4. The molecule has 208 valence electrons. The molecule has 2 saturated heterocycles. The third-order valence-corrected chi connectivity index (χ3v) is 9.43. The number of para-hydroxylation sites is 1. The molecular formula is C32H36ClN5O2. The fourth-order valence-electron chi connectivity index (χ4n) is 6.90. The molecule has 40 heavy (non-hydrogen) atoms. The molecule has 3 aliphatic heterocycles. The van der Waals surface area contributed by atoms with Gasteiger partial charge < -0.3 is 19.3 Å². The van der Waals surface area contributed by atoms with Gasteiger partial charge in [-0.3, -0.25) is 9.59 Å². The molecule has 0 unspecified atom stereocenters. The first-order valence-corrected chi connectivity index (χ1v) is 14.9. The molecule has 3 aliphatic rings. The van der Waals surface area contributed by atoms with Crippen molar-refractivity contribution in [3.8, 4) is 6.07 Å². The summed E-state index contributed by atoms with van der Waals surface area (Å²) in [7, 11) is 0. The summed E-state index contributed by atoms with van der Waals surface area (Å²) in [6, 6.07) is 18.2. The first-order chi connectivity index (χ1) is 19.4. The highest BCUT2D eigenvalue weighted by molar-refractivity contribution is 6.31. The summed E-state index contributed by atoms with van der Waals surface area (Å²) in [4.78, 5) is 33.6. The Hall–Kier alpha value is -3.34. The number of benzene rings is 2. The Labute approximate surface area is 240 Å². The smallest absolute Gasteiger partial charge is 0.241 e. The van der Waals surface area contributed by atoms with Crippen molar-refractivity contribution in [1.82, 2.24) is 14.4 Å². The average molecular weight is 558 g/mol. The number of carbonyl (C=O) groups excluding carboxylic acids is 2. The quantitative estimate of drug-likeness (QED) is 0.350. The van der Waals surface area contributed by atoms with Crippen LogP contribution in [0.4, 0.5) is 5.69 Å². The van der Waals surface area contributed by atoms with E-state index in [-0.39, 0.29) is 11.8 Å². The van der Waals surface area contributed by atoms with Gasteiger partial charge in [0, 0.05) is 59.8 Å². The van der Waals surface area contributed by atoms with Gasteiger partial charge in [-0.05, 0) is 80.7 Å². The van der Waals surface area contributed by atoms with E-state index in [0.717, 1.165) is 66.7 Å². The number of likely N-dealkylation sites (tertiary alicyclic amines) is 2. The van der Waals surface area contributed by atoms with E-state index in [1.807, 2.05) is 46.2 Å². The molecule has 8 heteroatoms. The molecule has 0 aliphatic carbocycles. The monoisotopic (exact) mass is 557 g/mol. The zero-order valence-electron chi connectivity index (χ0n) is 23.1. The highest BCUT2D eigenvalue weighted by atomic mass is 35.5. The third kappa shape index (κ3) is 4.67. The number of aryl methyl sites for hydroxylation is 1. The molecular weight excluding hydrogens is 522 g/mol. The van der Waals surface area contributed by atoms with E-state index < -0.39 is 5.41 Å². The van der Waals surface area contributed by atoms with Gasteiger partial charge in [-0.1, -0.05) is 36.7 Å². The molecule has 7 nitrogen and oxygen atoms in total. The van der Waals surface area contributed by atoms with Crippen LogP contribution in [-0.4, -0.2) is 58.9 Å². The van der Waals surface area contributed by atoms with Crippen molar-refractivity contribution in [2.45, 2.75) is 57.5 Å².